The molecule has 7 heteroatoms. The topological polar surface area (TPSA) is 22.0 Å². The number of ether oxygens (including phenoxy) is 2. The van der Waals surface area contributed by atoms with Crippen molar-refractivity contribution in [3.63, 3.8) is 0 Å². The molecule has 0 aliphatic carbocycles. The fraction of sp³-hybridized carbons (Fsp3) is 1.00. The number of aliphatic hydroxyl groups is 2. The third-order valence-corrected chi connectivity index (χ3v) is 0.576. The van der Waals surface area contributed by atoms with Gasteiger partial charge in [0, 0.05) is 0 Å². The minimum absolute atomic E-state index is 0.625. The lowest BCUT2D eigenvalue weighted by Crippen LogP contribution is -2.02. The first-order valence-electron chi connectivity index (χ1n) is 2.58. The van der Waals surface area contributed by atoms with Gasteiger partial charge in [0.05, 0.1) is 0 Å². The van der Waals surface area contributed by atoms with Crippen LogP contribution in [0.5, 0.6) is 0 Å². The van der Waals surface area contributed by atoms with Crippen molar-refractivity contribution < 1.29 is 26.7 Å². The molecule has 1 rings (SSSR count). The molecule has 0 spiro atoms. The van der Waals surface area contributed by atoms with Gasteiger partial charge in [0.2, 0.25) is 0 Å². The molecule has 0 unspecified atom stereocenters. The Kier molecular flexibility index (Phi) is 4.38. The van der Waals surface area contributed by atoms with Gasteiger partial charge in [-0.3, -0.25) is 0 Å². The van der Waals surface area contributed by atoms with E-state index in [0.717, 1.165) is 13.2 Å². The smallest absolute Gasteiger partial charge is 0.418 e. The molecule has 1 aliphatic heterocycles. The number of rotatable bonds is 0. The average Bonchev–Trinajstić information content (AvgIpc) is 2.07. The van der Waals surface area contributed by atoms with E-state index in [9.17, 15) is 17.3 Å². The SMILES string of the molecule is C1C[OH+]CO1.F[B-](F)(F)F. The van der Waals surface area contributed by atoms with Crippen LogP contribution in [-0.2, 0) is 4.74 Å². The third kappa shape index (κ3) is 15.6. The lowest BCUT2D eigenvalue weighted by Gasteiger charge is -1.94. The van der Waals surface area contributed by atoms with Gasteiger partial charge < -0.3 is 26.7 Å². The summed E-state index contributed by atoms with van der Waals surface area (Å²) in [4.78, 5) is 0. The summed E-state index contributed by atoms with van der Waals surface area (Å²) in [5.41, 5.74) is 0. The van der Waals surface area contributed by atoms with Gasteiger partial charge in [0.15, 0.2) is 6.61 Å². The van der Waals surface area contributed by atoms with Crippen molar-refractivity contribution in [2.24, 2.45) is 0 Å². The lowest BCUT2D eigenvalue weighted by molar-refractivity contribution is -0.0564. The second kappa shape index (κ2) is 4.51. The van der Waals surface area contributed by atoms with Crippen molar-refractivity contribution in [1.82, 2.24) is 0 Å². The summed E-state index contributed by atoms with van der Waals surface area (Å²) < 4.78 is 47.6. The zero-order chi connectivity index (χ0) is 8.04. The molecule has 10 heavy (non-hydrogen) atoms. The summed E-state index contributed by atoms with van der Waals surface area (Å²) in [6.07, 6.45) is 0. The molecule has 0 aromatic carbocycles. The van der Waals surface area contributed by atoms with Crippen molar-refractivity contribution >= 4 is 7.25 Å². The van der Waals surface area contributed by atoms with Crippen LogP contribution in [-0.4, -0.2) is 32.0 Å². The highest BCUT2D eigenvalue weighted by Crippen LogP contribution is 2.06. The first kappa shape index (κ1) is 9.70. The number of halogens is 4. The Bertz CT molecular complexity index is 67.5. The van der Waals surface area contributed by atoms with Crippen LogP contribution >= 0.6 is 0 Å². The predicted octanol–water partition coefficient (Wildman–Crippen LogP) is 0.802. The van der Waals surface area contributed by atoms with Crippen molar-refractivity contribution in [3.8, 4) is 0 Å². The van der Waals surface area contributed by atoms with E-state index in [1.807, 2.05) is 0 Å². The van der Waals surface area contributed by atoms with E-state index in [-0.39, 0.29) is 0 Å². The molecule has 1 saturated heterocycles. The quantitative estimate of drug-likeness (QED) is 0.293. The largest absolute Gasteiger partial charge is 0.673 e. The maximum atomic E-state index is 9.75. The first-order chi connectivity index (χ1) is 4.50. The average molecular weight is 162 g/mol. The van der Waals surface area contributed by atoms with Crippen molar-refractivity contribution in [1.29, 1.82) is 0 Å². The van der Waals surface area contributed by atoms with Gasteiger partial charge >= 0.3 is 7.25 Å². The fourth-order valence-corrected chi connectivity index (χ4v) is 0.323. The van der Waals surface area contributed by atoms with E-state index in [1.54, 1.807) is 0 Å². The van der Waals surface area contributed by atoms with E-state index < -0.39 is 7.25 Å². The van der Waals surface area contributed by atoms with E-state index in [0.29, 0.717) is 6.79 Å². The minimum atomic E-state index is -6.00. The van der Waals surface area contributed by atoms with Gasteiger partial charge in [0.1, 0.15) is 6.61 Å². The van der Waals surface area contributed by atoms with Gasteiger partial charge in [-0.05, 0) is 0 Å². The highest BCUT2D eigenvalue weighted by Gasteiger charge is 2.20. The van der Waals surface area contributed by atoms with Crippen LogP contribution in [0.3, 0.4) is 0 Å². The van der Waals surface area contributed by atoms with E-state index >= 15 is 0 Å². The maximum Gasteiger partial charge on any atom is 0.673 e. The Morgan fingerprint density at radius 2 is 1.70 bits per heavy atom. The van der Waals surface area contributed by atoms with Crippen LogP contribution in [0.1, 0.15) is 0 Å². The molecular formula is C3H7BF4O2. The van der Waals surface area contributed by atoms with Crippen LogP contribution < -0.4 is 0 Å². The van der Waals surface area contributed by atoms with Gasteiger partial charge in [-0.2, -0.15) is 0 Å². The van der Waals surface area contributed by atoms with Gasteiger partial charge in [-0.25, -0.2) is 0 Å². The molecule has 0 aromatic heterocycles. The Morgan fingerprint density at radius 1 is 1.20 bits per heavy atom. The molecule has 0 saturated carbocycles. The van der Waals surface area contributed by atoms with Crippen LogP contribution in [0.25, 0.3) is 0 Å². The zero-order valence-corrected chi connectivity index (χ0v) is 5.07. The first-order valence-corrected chi connectivity index (χ1v) is 2.58. The van der Waals surface area contributed by atoms with Crippen LogP contribution in [0.4, 0.5) is 17.3 Å². The van der Waals surface area contributed by atoms with Gasteiger partial charge in [-0.1, -0.05) is 0 Å². The van der Waals surface area contributed by atoms with E-state index in [1.165, 1.54) is 0 Å². The molecule has 0 bridgehead atoms. The molecule has 2 nitrogen and oxygen atoms in total. The highest BCUT2D eigenvalue weighted by atomic mass is 19.5. The second-order valence-electron chi connectivity index (χ2n) is 1.48. The molecule has 0 aromatic rings. The van der Waals surface area contributed by atoms with Crippen LogP contribution in [0.2, 0.25) is 0 Å². The second-order valence-corrected chi connectivity index (χ2v) is 1.48. The number of hydrogen-bond donors (Lipinski definition) is 0. The van der Waals surface area contributed by atoms with E-state index in [2.05, 4.69) is 4.74 Å². The van der Waals surface area contributed by atoms with Crippen molar-refractivity contribution in [2.75, 3.05) is 20.0 Å². The molecule has 62 valence electrons. The molecule has 1 fully saturated rings. The predicted molar refractivity (Wildman–Crippen MR) is 28.1 cm³/mol. The van der Waals surface area contributed by atoms with Crippen LogP contribution in [0, 0.1) is 0 Å². The molecule has 1 N–H and O–H groups in total. The minimum Gasteiger partial charge on any atom is -0.418 e. The molecule has 1 aliphatic rings. The fourth-order valence-electron chi connectivity index (χ4n) is 0.323. The zero-order valence-electron chi connectivity index (χ0n) is 5.07. The van der Waals surface area contributed by atoms with Crippen LogP contribution in [0.15, 0.2) is 0 Å². The molecule has 0 amide bonds. The standard InChI is InChI=1S/C3H6O2.BF4/c1-2-5-3-4-1;2-1(3,4)5/h1-3H2;/q;-1/p+1. The van der Waals surface area contributed by atoms with Crippen molar-refractivity contribution in [3.05, 3.63) is 0 Å². The van der Waals surface area contributed by atoms with Crippen molar-refractivity contribution in [2.45, 2.75) is 0 Å². The Labute approximate surface area is 55.2 Å². The highest BCUT2D eigenvalue weighted by molar-refractivity contribution is 6.50. The summed E-state index contributed by atoms with van der Waals surface area (Å²) in [7, 11) is -6.00. The Balaban J connectivity index is 0.000000162. The molecular weight excluding hydrogens is 155 g/mol. The normalized spacial score (nSPS) is 18.0. The summed E-state index contributed by atoms with van der Waals surface area (Å²) in [5.74, 6) is 0. The summed E-state index contributed by atoms with van der Waals surface area (Å²) >= 11 is 0. The summed E-state index contributed by atoms with van der Waals surface area (Å²) in [6, 6.07) is 0. The monoisotopic (exact) mass is 162 g/mol. The maximum absolute atomic E-state index is 9.75. The molecule has 0 radical (unpaired) electrons. The van der Waals surface area contributed by atoms with E-state index in [4.69, 9.17) is 4.74 Å². The summed E-state index contributed by atoms with van der Waals surface area (Å²) in [6.45, 7) is 2.36. The summed E-state index contributed by atoms with van der Waals surface area (Å²) in [5, 5.41) is 0. The Hall–Kier alpha value is -0.295. The Morgan fingerprint density at radius 3 is 1.80 bits per heavy atom. The number of hydrogen-bond acceptors (Lipinski definition) is 1. The lowest BCUT2D eigenvalue weighted by atomic mass is 10.3. The van der Waals surface area contributed by atoms with Gasteiger partial charge in [-0.15, -0.1) is 0 Å². The molecule has 1 heterocycles. The molecule has 0 atom stereocenters. The van der Waals surface area contributed by atoms with Gasteiger partial charge in [0.25, 0.3) is 6.79 Å². The third-order valence-electron chi connectivity index (χ3n) is 0.576.